The van der Waals surface area contributed by atoms with Crippen molar-refractivity contribution in [3.63, 3.8) is 0 Å². The van der Waals surface area contributed by atoms with Gasteiger partial charge in [-0.05, 0) is 12.1 Å². The maximum absolute atomic E-state index is 13.5. The van der Waals surface area contributed by atoms with Crippen LogP contribution in [-0.4, -0.2) is 19.0 Å². The molecule has 92 valence electrons. The van der Waals surface area contributed by atoms with Gasteiger partial charge in [0, 0.05) is 5.56 Å². The average Bonchev–Trinajstić information content (AvgIpc) is 2.26. The van der Waals surface area contributed by atoms with Crippen molar-refractivity contribution in [1.29, 1.82) is 0 Å². The van der Waals surface area contributed by atoms with Gasteiger partial charge < -0.3 is 16.2 Å². The molecule has 1 rings (SSSR count). The van der Waals surface area contributed by atoms with E-state index in [1.54, 1.807) is 0 Å². The molecule has 6 nitrogen and oxygen atoms in total. The molecule has 1 aromatic rings. The van der Waals surface area contributed by atoms with Gasteiger partial charge in [0.05, 0.1) is 7.11 Å². The van der Waals surface area contributed by atoms with Crippen molar-refractivity contribution in [3.05, 3.63) is 23.5 Å². The molecule has 0 unspecified atom stereocenters. The second-order valence-corrected chi connectivity index (χ2v) is 3.42. The Kier molecular flexibility index (Phi) is 3.79. The van der Waals surface area contributed by atoms with Gasteiger partial charge in [0.2, 0.25) is 5.91 Å². The number of nitrogens with two attached hydrogens (primary N) is 2. The summed E-state index contributed by atoms with van der Waals surface area (Å²) in [6.45, 7) is 0. The Labute approximate surface area is 102 Å². The van der Waals surface area contributed by atoms with Crippen LogP contribution in [0.2, 0.25) is 0 Å². The summed E-state index contributed by atoms with van der Waals surface area (Å²) < 4.78 is 19.0. The van der Waals surface area contributed by atoms with Crippen LogP contribution in [0.15, 0.2) is 12.1 Å². The fourth-order valence-corrected chi connectivity index (χ4v) is 1.35. The first-order valence-electron chi connectivity index (χ1n) is 4.34. The first-order valence-corrected chi connectivity index (χ1v) is 4.74. The fraction of sp³-hybridized carbons (Fsp3) is 0.111. The molecule has 3 amide bonds. The molecule has 0 fully saturated rings. The lowest BCUT2D eigenvalue weighted by molar-refractivity contribution is 0.0999. The zero-order valence-electron chi connectivity index (χ0n) is 8.81. The molecule has 0 aliphatic heterocycles. The number of ether oxygens (including phenoxy) is 1. The highest BCUT2D eigenvalue weighted by molar-refractivity contribution is 7.82. The molecule has 4 N–H and O–H groups in total. The zero-order valence-corrected chi connectivity index (χ0v) is 9.70. The Morgan fingerprint density at radius 2 is 2.00 bits per heavy atom. The summed E-state index contributed by atoms with van der Waals surface area (Å²) >= 11 is 3.76. The van der Waals surface area contributed by atoms with Gasteiger partial charge in [0.1, 0.15) is 5.69 Å². The van der Waals surface area contributed by atoms with E-state index in [1.807, 2.05) is 0 Å². The number of rotatable bonds is 3. The summed E-state index contributed by atoms with van der Waals surface area (Å²) in [5.74, 6) is -1.96. The van der Waals surface area contributed by atoms with E-state index >= 15 is 0 Å². The van der Waals surface area contributed by atoms with Crippen LogP contribution in [0.25, 0.3) is 0 Å². The molecule has 1 aromatic carbocycles. The molecule has 0 heterocycles. The molecular formula is C9H10FN3O3S. The van der Waals surface area contributed by atoms with Crippen LogP contribution in [0.1, 0.15) is 10.4 Å². The van der Waals surface area contributed by atoms with Gasteiger partial charge in [-0.25, -0.2) is 13.5 Å². The number of halogens is 1. The van der Waals surface area contributed by atoms with Crippen molar-refractivity contribution in [2.75, 3.05) is 11.4 Å². The summed E-state index contributed by atoms with van der Waals surface area (Å²) in [5.41, 5.74) is 9.77. The summed E-state index contributed by atoms with van der Waals surface area (Å²) in [6, 6.07) is 1.10. The second-order valence-electron chi connectivity index (χ2n) is 3.02. The number of benzene rings is 1. The molecule has 0 atom stereocenters. The summed E-state index contributed by atoms with van der Waals surface area (Å²) in [4.78, 5) is 21.9. The van der Waals surface area contributed by atoms with Crippen LogP contribution < -0.4 is 20.5 Å². The van der Waals surface area contributed by atoms with Gasteiger partial charge in [-0.3, -0.25) is 4.79 Å². The normalized spacial score (nSPS) is 9.82. The largest absolute Gasteiger partial charge is 0.492 e. The van der Waals surface area contributed by atoms with Gasteiger partial charge in [0.25, 0.3) is 0 Å². The van der Waals surface area contributed by atoms with Crippen LogP contribution in [-0.2, 0) is 0 Å². The predicted octanol–water partition coefficient (Wildman–Crippen LogP) is 0.663. The molecule has 0 radical (unpaired) electrons. The van der Waals surface area contributed by atoms with Crippen LogP contribution in [0.5, 0.6) is 5.75 Å². The third kappa shape index (κ3) is 2.59. The molecule has 0 aromatic heterocycles. The number of carbonyl (C=O) groups excluding carboxylic acids is 2. The van der Waals surface area contributed by atoms with E-state index in [1.165, 1.54) is 7.11 Å². The standard InChI is InChI=1S/C9H10FN3O3S/c1-16-7-5(10)2-4(8(11)14)3-6(7)13(17)9(12)15/h2-3,17H,1H3,(H2,11,14)(H2,12,15). The molecule has 0 saturated heterocycles. The molecule has 0 aliphatic carbocycles. The van der Waals surface area contributed by atoms with E-state index in [2.05, 4.69) is 12.8 Å². The Morgan fingerprint density at radius 1 is 1.41 bits per heavy atom. The maximum Gasteiger partial charge on any atom is 0.329 e. The fourth-order valence-electron chi connectivity index (χ4n) is 1.20. The van der Waals surface area contributed by atoms with E-state index < -0.39 is 17.8 Å². The van der Waals surface area contributed by atoms with E-state index in [-0.39, 0.29) is 17.0 Å². The molecule has 0 spiro atoms. The van der Waals surface area contributed by atoms with Crippen LogP contribution in [0, 0.1) is 5.82 Å². The highest BCUT2D eigenvalue weighted by atomic mass is 32.1. The van der Waals surface area contributed by atoms with E-state index in [0.29, 0.717) is 4.31 Å². The monoisotopic (exact) mass is 259 g/mol. The second kappa shape index (κ2) is 4.91. The maximum atomic E-state index is 13.5. The quantitative estimate of drug-likeness (QED) is 0.695. The minimum Gasteiger partial charge on any atom is -0.492 e. The number of hydrogen-bond acceptors (Lipinski definition) is 4. The molecular weight excluding hydrogens is 249 g/mol. The first-order chi connectivity index (χ1) is 7.88. The highest BCUT2D eigenvalue weighted by Crippen LogP contribution is 2.33. The molecule has 0 saturated carbocycles. The number of nitrogens with zero attached hydrogens (tertiary/aromatic N) is 1. The average molecular weight is 259 g/mol. The molecule has 17 heavy (non-hydrogen) atoms. The lowest BCUT2D eigenvalue weighted by atomic mass is 10.1. The van der Waals surface area contributed by atoms with Crippen LogP contribution in [0.4, 0.5) is 14.9 Å². The third-order valence-corrected chi connectivity index (χ3v) is 2.36. The summed E-state index contributed by atoms with van der Waals surface area (Å²) in [7, 11) is 1.20. The van der Waals surface area contributed by atoms with Crippen LogP contribution in [0.3, 0.4) is 0 Å². The molecule has 8 heteroatoms. The van der Waals surface area contributed by atoms with Crippen molar-refractivity contribution in [2.45, 2.75) is 0 Å². The number of primary amides is 2. The highest BCUT2D eigenvalue weighted by Gasteiger charge is 2.20. The Bertz CT molecular complexity index is 481. The summed E-state index contributed by atoms with van der Waals surface area (Å²) in [5, 5.41) is 0. The number of methoxy groups -OCH3 is 1. The van der Waals surface area contributed by atoms with E-state index in [9.17, 15) is 14.0 Å². The van der Waals surface area contributed by atoms with Gasteiger partial charge in [-0.1, -0.05) is 12.8 Å². The van der Waals surface area contributed by atoms with Crippen molar-refractivity contribution < 1.29 is 18.7 Å². The van der Waals surface area contributed by atoms with Crippen LogP contribution >= 0.6 is 12.8 Å². The number of amides is 3. The van der Waals surface area contributed by atoms with Crippen molar-refractivity contribution in [1.82, 2.24) is 0 Å². The number of urea groups is 1. The number of carbonyl (C=O) groups is 2. The lowest BCUT2D eigenvalue weighted by Crippen LogP contribution is -2.28. The SMILES string of the molecule is COc1c(F)cc(C(N)=O)cc1N(S)C(N)=O. The first kappa shape index (κ1) is 13.1. The van der Waals surface area contributed by atoms with Crippen molar-refractivity contribution in [2.24, 2.45) is 11.5 Å². The number of thiol groups is 1. The number of hydrogen-bond donors (Lipinski definition) is 3. The minimum absolute atomic E-state index is 0.0999. The van der Waals surface area contributed by atoms with Gasteiger partial charge in [-0.2, -0.15) is 0 Å². The summed E-state index contributed by atoms with van der Waals surface area (Å²) in [6.07, 6.45) is 0. The van der Waals surface area contributed by atoms with Gasteiger partial charge >= 0.3 is 6.03 Å². The van der Waals surface area contributed by atoms with Crippen molar-refractivity contribution >= 4 is 30.4 Å². The number of anilines is 1. The Balaban J connectivity index is 3.43. The molecule has 0 bridgehead atoms. The third-order valence-electron chi connectivity index (χ3n) is 1.95. The Morgan fingerprint density at radius 3 is 2.41 bits per heavy atom. The lowest BCUT2D eigenvalue weighted by Gasteiger charge is -2.17. The minimum atomic E-state index is -0.951. The van der Waals surface area contributed by atoms with E-state index in [0.717, 1.165) is 12.1 Å². The van der Waals surface area contributed by atoms with Gasteiger partial charge in [0.15, 0.2) is 11.6 Å². The van der Waals surface area contributed by atoms with Gasteiger partial charge in [-0.15, -0.1) is 0 Å². The van der Waals surface area contributed by atoms with Crippen molar-refractivity contribution in [3.8, 4) is 5.75 Å². The van der Waals surface area contributed by atoms with E-state index in [4.69, 9.17) is 16.2 Å². The smallest absolute Gasteiger partial charge is 0.329 e. The zero-order chi connectivity index (χ0) is 13.2. The Hall–Kier alpha value is -1.96. The molecule has 0 aliphatic rings. The predicted molar refractivity (Wildman–Crippen MR) is 62.5 cm³/mol. The topological polar surface area (TPSA) is 98.7 Å².